The van der Waals surface area contributed by atoms with Crippen LogP contribution in [0.5, 0.6) is 17.2 Å². The van der Waals surface area contributed by atoms with Gasteiger partial charge in [0.1, 0.15) is 53.8 Å². The van der Waals surface area contributed by atoms with Gasteiger partial charge in [-0.15, -0.1) is 0 Å². The van der Waals surface area contributed by atoms with Crippen LogP contribution in [0.4, 0.5) is 0 Å². The number of hydrogen-bond acceptors (Lipinski definition) is 10. The predicted octanol–water partition coefficient (Wildman–Crippen LogP) is 0.239. The molecule has 3 rings (SSSR count). The molecule has 10 heteroatoms. The third-order valence-electron chi connectivity index (χ3n) is 5.05. The molecule has 0 aromatic heterocycles. The van der Waals surface area contributed by atoms with Gasteiger partial charge in [0.2, 0.25) is 6.29 Å². The van der Waals surface area contributed by atoms with Crippen molar-refractivity contribution in [3.05, 3.63) is 53.6 Å². The molecule has 2 aromatic rings. The number of methoxy groups -OCH3 is 2. The van der Waals surface area contributed by atoms with Gasteiger partial charge in [-0.05, 0) is 18.2 Å². The molecule has 0 aliphatic carbocycles. The molecule has 1 heterocycles. The van der Waals surface area contributed by atoms with Gasteiger partial charge in [-0.2, -0.15) is 0 Å². The molecule has 0 radical (unpaired) electrons. The van der Waals surface area contributed by atoms with E-state index in [0.717, 1.165) is 0 Å². The van der Waals surface area contributed by atoms with Crippen molar-refractivity contribution in [2.45, 2.75) is 37.3 Å². The maximum Gasteiger partial charge on any atom is 0.346 e. The van der Waals surface area contributed by atoms with E-state index in [0.29, 0.717) is 17.1 Å². The molecule has 1 aliphatic rings. The Kier molecular flexibility index (Phi) is 7.89. The van der Waals surface area contributed by atoms with Crippen molar-refractivity contribution in [1.29, 1.82) is 0 Å². The SMILES string of the molecule is COc1cccc(OC)c1C(=O)OCc1ccccc1O[C@H]1O[C@H](CO)[C@@H](O)[C@H](O)[C@H]1O. The lowest BCUT2D eigenvalue weighted by Gasteiger charge is -2.39. The molecule has 2 aromatic carbocycles. The Labute approximate surface area is 184 Å². The summed E-state index contributed by atoms with van der Waals surface area (Å²) in [6, 6.07) is 11.5. The van der Waals surface area contributed by atoms with Crippen LogP contribution in [0.3, 0.4) is 0 Å². The molecule has 1 aliphatic heterocycles. The molecule has 0 bridgehead atoms. The lowest BCUT2D eigenvalue weighted by atomic mass is 9.99. The Morgan fingerprint density at radius 2 is 1.53 bits per heavy atom. The predicted molar refractivity (Wildman–Crippen MR) is 110 cm³/mol. The molecule has 174 valence electrons. The van der Waals surface area contributed by atoms with Crippen LogP contribution in [0.15, 0.2) is 42.5 Å². The first-order valence-electron chi connectivity index (χ1n) is 9.84. The van der Waals surface area contributed by atoms with Crippen LogP contribution in [0.1, 0.15) is 15.9 Å². The number of para-hydroxylation sites is 1. The minimum absolute atomic E-state index is 0.129. The van der Waals surface area contributed by atoms with E-state index in [9.17, 15) is 25.2 Å². The van der Waals surface area contributed by atoms with Crippen LogP contribution in [0.2, 0.25) is 0 Å². The fraction of sp³-hybridized carbons (Fsp3) is 0.409. The van der Waals surface area contributed by atoms with Gasteiger partial charge >= 0.3 is 5.97 Å². The molecule has 10 nitrogen and oxygen atoms in total. The summed E-state index contributed by atoms with van der Waals surface area (Å²) in [4.78, 5) is 12.7. The highest BCUT2D eigenvalue weighted by Gasteiger charge is 2.44. The topological polar surface area (TPSA) is 144 Å². The molecular formula is C22H26O10. The quantitative estimate of drug-likeness (QED) is 0.413. The number of carbonyl (C=O) groups is 1. The van der Waals surface area contributed by atoms with Crippen molar-refractivity contribution in [3.8, 4) is 17.2 Å². The second-order valence-electron chi connectivity index (χ2n) is 7.04. The third-order valence-corrected chi connectivity index (χ3v) is 5.05. The Morgan fingerprint density at radius 3 is 2.16 bits per heavy atom. The highest BCUT2D eigenvalue weighted by Crippen LogP contribution is 2.30. The summed E-state index contributed by atoms with van der Waals surface area (Å²) in [5.74, 6) is 0.124. The summed E-state index contributed by atoms with van der Waals surface area (Å²) in [6.45, 7) is -0.765. The number of carbonyl (C=O) groups excluding carboxylic acids is 1. The van der Waals surface area contributed by atoms with E-state index in [4.69, 9.17) is 23.7 Å². The van der Waals surface area contributed by atoms with E-state index in [1.165, 1.54) is 14.2 Å². The van der Waals surface area contributed by atoms with Crippen LogP contribution in [0.25, 0.3) is 0 Å². The lowest BCUT2D eigenvalue weighted by Crippen LogP contribution is -2.60. The molecule has 1 saturated heterocycles. The van der Waals surface area contributed by atoms with Gasteiger partial charge in [-0.3, -0.25) is 0 Å². The Hall–Kier alpha value is -2.89. The minimum atomic E-state index is -1.58. The van der Waals surface area contributed by atoms with Crippen molar-refractivity contribution in [2.75, 3.05) is 20.8 Å². The van der Waals surface area contributed by atoms with E-state index >= 15 is 0 Å². The number of aliphatic hydroxyl groups is 4. The maximum absolute atomic E-state index is 12.7. The average molecular weight is 450 g/mol. The molecular weight excluding hydrogens is 424 g/mol. The van der Waals surface area contributed by atoms with E-state index in [-0.39, 0.29) is 17.9 Å². The highest BCUT2D eigenvalue weighted by molar-refractivity contribution is 5.95. The summed E-state index contributed by atoms with van der Waals surface area (Å²) in [5.41, 5.74) is 0.580. The second kappa shape index (κ2) is 10.6. The van der Waals surface area contributed by atoms with Gasteiger partial charge in [-0.1, -0.05) is 24.3 Å². The van der Waals surface area contributed by atoms with Crippen molar-refractivity contribution in [3.63, 3.8) is 0 Å². The number of aliphatic hydroxyl groups excluding tert-OH is 4. The van der Waals surface area contributed by atoms with Gasteiger partial charge < -0.3 is 44.1 Å². The molecule has 0 unspecified atom stereocenters. The summed E-state index contributed by atoms with van der Waals surface area (Å²) < 4.78 is 26.9. The normalized spacial score (nSPS) is 25.1. The van der Waals surface area contributed by atoms with E-state index in [1.54, 1.807) is 42.5 Å². The third kappa shape index (κ3) is 4.95. The second-order valence-corrected chi connectivity index (χ2v) is 7.04. The first-order valence-corrected chi connectivity index (χ1v) is 9.84. The zero-order valence-corrected chi connectivity index (χ0v) is 17.6. The standard InChI is InChI=1S/C22H26O10/c1-28-14-8-5-9-15(29-2)17(14)21(27)30-11-12-6-3-4-7-13(12)31-22-20(26)19(25)18(24)16(10-23)32-22/h3-9,16,18-20,22-26H,10-11H2,1-2H3/t16-,18-,19+,20-,22+/m1/s1. The monoisotopic (exact) mass is 450 g/mol. The summed E-state index contributed by atoms with van der Waals surface area (Å²) in [5, 5.41) is 39.4. The minimum Gasteiger partial charge on any atom is -0.496 e. The molecule has 0 spiro atoms. The molecule has 4 N–H and O–H groups in total. The lowest BCUT2D eigenvalue weighted by molar-refractivity contribution is -0.277. The van der Waals surface area contributed by atoms with Crippen molar-refractivity contribution < 1.29 is 48.9 Å². The van der Waals surface area contributed by atoms with Gasteiger partial charge in [0.05, 0.1) is 20.8 Å². The largest absolute Gasteiger partial charge is 0.496 e. The van der Waals surface area contributed by atoms with Crippen LogP contribution in [-0.2, 0) is 16.1 Å². The Bertz CT molecular complexity index is 893. The number of ether oxygens (including phenoxy) is 5. The zero-order chi connectivity index (χ0) is 23.3. The summed E-state index contributed by atoms with van der Waals surface area (Å²) in [6.07, 6.45) is -7.12. The van der Waals surface area contributed by atoms with Gasteiger partial charge in [0.15, 0.2) is 0 Å². The van der Waals surface area contributed by atoms with Crippen molar-refractivity contribution >= 4 is 5.97 Å². The molecule has 1 fully saturated rings. The first kappa shape index (κ1) is 23.8. The van der Waals surface area contributed by atoms with Crippen LogP contribution in [0, 0.1) is 0 Å². The maximum atomic E-state index is 12.7. The van der Waals surface area contributed by atoms with Crippen molar-refractivity contribution in [2.24, 2.45) is 0 Å². The Morgan fingerprint density at radius 1 is 0.906 bits per heavy atom. The van der Waals surface area contributed by atoms with Gasteiger partial charge in [-0.25, -0.2) is 4.79 Å². The molecule has 0 amide bonds. The van der Waals surface area contributed by atoms with Gasteiger partial charge in [0.25, 0.3) is 0 Å². The molecule has 5 atom stereocenters. The fourth-order valence-corrected chi connectivity index (χ4v) is 3.30. The van der Waals surface area contributed by atoms with Crippen LogP contribution < -0.4 is 14.2 Å². The van der Waals surface area contributed by atoms with Crippen molar-refractivity contribution in [1.82, 2.24) is 0 Å². The molecule has 32 heavy (non-hydrogen) atoms. The first-order chi connectivity index (χ1) is 15.4. The van der Waals surface area contributed by atoms with Crippen LogP contribution >= 0.6 is 0 Å². The van der Waals surface area contributed by atoms with E-state index in [1.807, 2.05) is 0 Å². The number of esters is 1. The van der Waals surface area contributed by atoms with E-state index < -0.39 is 43.3 Å². The number of hydrogen-bond donors (Lipinski definition) is 4. The molecule has 0 saturated carbocycles. The zero-order valence-electron chi connectivity index (χ0n) is 17.6. The van der Waals surface area contributed by atoms with Gasteiger partial charge in [0, 0.05) is 5.56 Å². The Balaban J connectivity index is 1.75. The summed E-state index contributed by atoms with van der Waals surface area (Å²) >= 11 is 0. The smallest absolute Gasteiger partial charge is 0.346 e. The summed E-state index contributed by atoms with van der Waals surface area (Å²) in [7, 11) is 2.85. The van der Waals surface area contributed by atoms with E-state index in [2.05, 4.69) is 0 Å². The number of benzene rings is 2. The fourth-order valence-electron chi connectivity index (χ4n) is 3.30. The van der Waals surface area contributed by atoms with Crippen LogP contribution in [-0.4, -0.2) is 77.9 Å². The highest BCUT2D eigenvalue weighted by atomic mass is 16.7. The number of rotatable bonds is 8. The average Bonchev–Trinajstić information content (AvgIpc) is 2.82.